The summed E-state index contributed by atoms with van der Waals surface area (Å²) >= 11 is 0. The molecule has 4 rings (SSSR count). The van der Waals surface area contributed by atoms with Crippen molar-refractivity contribution in [1.29, 1.82) is 0 Å². The Balaban J connectivity index is 1.60. The van der Waals surface area contributed by atoms with Crippen LogP contribution in [0, 0.1) is 5.82 Å². The monoisotopic (exact) mass is 314 g/mol. The van der Waals surface area contributed by atoms with Gasteiger partial charge in [-0.15, -0.1) is 0 Å². The maximum atomic E-state index is 12.9. The number of benzene rings is 1. The molecule has 1 saturated carbocycles. The predicted octanol–water partition coefficient (Wildman–Crippen LogP) is 2.15. The number of nitrogens with one attached hydrogen (secondary N) is 2. The molecule has 2 N–H and O–H groups in total. The van der Waals surface area contributed by atoms with Crippen molar-refractivity contribution in [2.75, 3.05) is 5.32 Å². The van der Waals surface area contributed by atoms with E-state index >= 15 is 0 Å². The van der Waals surface area contributed by atoms with Crippen LogP contribution in [-0.2, 0) is 16.9 Å². The molecule has 1 fully saturated rings. The molecule has 1 aromatic heterocycles. The van der Waals surface area contributed by atoms with Crippen molar-refractivity contribution < 1.29 is 14.0 Å². The molecule has 0 radical (unpaired) electrons. The van der Waals surface area contributed by atoms with Crippen LogP contribution in [0.1, 0.15) is 41.4 Å². The van der Waals surface area contributed by atoms with E-state index in [-0.39, 0.29) is 17.4 Å². The third-order valence-corrected chi connectivity index (χ3v) is 4.61. The normalized spacial score (nSPS) is 17.2. The Morgan fingerprint density at radius 1 is 1.30 bits per heavy atom. The van der Waals surface area contributed by atoms with E-state index in [4.69, 9.17) is 0 Å². The van der Waals surface area contributed by atoms with Gasteiger partial charge in [0, 0.05) is 18.1 Å². The van der Waals surface area contributed by atoms with Crippen LogP contribution >= 0.6 is 0 Å². The third-order valence-electron chi connectivity index (χ3n) is 4.61. The van der Waals surface area contributed by atoms with Gasteiger partial charge in [-0.25, -0.2) is 4.39 Å². The van der Waals surface area contributed by atoms with E-state index in [1.807, 2.05) is 4.90 Å². The molecule has 0 atom stereocenters. The summed E-state index contributed by atoms with van der Waals surface area (Å²) in [4.78, 5) is 25.9. The van der Waals surface area contributed by atoms with Crippen LogP contribution in [0.3, 0.4) is 0 Å². The maximum Gasteiger partial charge on any atom is 0.256 e. The van der Waals surface area contributed by atoms with E-state index in [1.54, 1.807) is 6.92 Å². The number of H-pyrrole nitrogens is 1. The second-order valence-electron chi connectivity index (χ2n) is 6.02. The van der Waals surface area contributed by atoms with Gasteiger partial charge in [-0.05, 0) is 37.1 Å². The van der Waals surface area contributed by atoms with E-state index in [0.29, 0.717) is 17.9 Å². The van der Waals surface area contributed by atoms with Crippen molar-refractivity contribution in [2.45, 2.75) is 31.8 Å². The number of anilines is 1. The first-order chi connectivity index (χ1) is 11.0. The fourth-order valence-electron chi connectivity index (χ4n) is 3.28. The lowest BCUT2D eigenvalue weighted by Crippen LogP contribution is -2.33. The number of amides is 2. The first-order valence-corrected chi connectivity index (χ1v) is 7.44. The van der Waals surface area contributed by atoms with E-state index in [1.165, 1.54) is 24.3 Å². The van der Waals surface area contributed by atoms with E-state index in [9.17, 15) is 14.0 Å². The lowest BCUT2D eigenvalue weighted by atomic mass is 10.1. The molecule has 118 valence electrons. The molecule has 7 heteroatoms. The number of carbonyl (C=O) groups is 2. The fraction of sp³-hybridized carbons (Fsp3) is 0.312. The zero-order valence-corrected chi connectivity index (χ0v) is 12.5. The van der Waals surface area contributed by atoms with Gasteiger partial charge in [0.1, 0.15) is 5.82 Å². The van der Waals surface area contributed by atoms with Gasteiger partial charge < -0.3 is 10.2 Å². The molecule has 1 aliphatic heterocycles. The molecule has 1 spiro atoms. The molecule has 0 bridgehead atoms. The van der Waals surface area contributed by atoms with Crippen LogP contribution in [-0.4, -0.2) is 26.9 Å². The van der Waals surface area contributed by atoms with Crippen molar-refractivity contribution in [3.8, 4) is 0 Å². The fourth-order valence-corrected chi connectivity index (χ4v) is 3.28. The average molecular weight is 314 g/mol. The molecule has 2 amide bonds. The Morgan fingerprint density at radius 2 is 2.00 bits per heavy atom. The number of hydrogen-bond donors (Lipinski definition) is 2. The third kappa shape index (κ3) is 2.03. The average Bonchev–Trinajstić information content (AvgIpc) is 3.10. The molecule has 1 aromatic carbocycles. The molecule has 2 heterocycles. The minimum atomic E-state index is -0.394. The highest BCUT2D eigenvalue weighted by molar-refractivity contribution is 6.04. The smallest absolute Gasteiger partial charge is 0.256 e. The van der Waals surface area contributed by atoms with Gasteiger partial charge in [-0.3, -0.25) is 14.7 Å². The van der Waals surface area contributed by atoms with E-state index in [0.717, 1.165) is 24.1 Å². The topological polar surface area (TPSA) is 78.1 Å². The first kappa shape index (κ1) is 13.9. The minimum Gasteiger partial charge on any atom is -0.327 e. The summed E-state index contributed by atoms with van der Waals surface area (Å²) in [6.45, 7) is 2.00. The molecule has 0 saturated heterocycles. The van der Waals surface area contributed by atoms with Gasteiger partial charge in [-0.1, -0.05) is 0 Å². The molecule has 6 nitrogen and oxygen atoms in total. The number of fused-ring (bicyclic) bond motifs is 2. The Bertz CT molecular complexity index is 808. The first-order valence-electron chi connectivity index (χ1n) is 7.44. The lowest BCUT2D eigenvalue weighted by molar-refractivity contribution is -0.132. The van der Waals surface area contributed by atoms with E-state index < -0.39 is 5.82 Å². The SMILES string of the molecule is CC(=O)N1Cc2c(NC(=O)c3ccc(F)cc3)n[nH]c2C12CC2. The second kappa shape index (κ2) is 4.65. The Hall–Kier alpha value is -2.70. The molecule has 2 aromatic rings. The van der Waals surface area contributed by atoms with Crippen LogP contribution in [0.5, 0.6) is 0 Å². The van der Waals surface area contributed by atoms with Gasteiger partial charge in [-0.2, -0.15) is 5.10 Å². The highest BCUT2D eigenvalue weighted by atomic mass is 19.1. The molecule has 23 heavy (non-hydrogen) atoms. The van der Waals surface area contributed by atoms with Crippen LogP contribution in [0.15, 0.2) is 24.3 Å². The zero-order valence-electron chi connectivity index (χ0n) is 12.5. The Labute approximate surface area is 131 Å². The summed E-state index contributed by atoms with van der Waals surface area (Å²) in [6, 6.07) is 5.31. The summed E-state index contributed by atoms with van der Waals surface area (Å²) in [6.07, 6.45) is 1.82. The Kier molecular flexibility index (Phi) is 2.81. The molecule has 1 aliphatic carbocycles. The highest BCUT2D eigenvalue weighted by Crippen LogP contribution is 2.56. The van der Waals surface area contributed by atoms with Crippen LogP contribution < -0.4 is 5.32 Å². The summed E-state index contributed by atoms with van der Waals surface area (Å²) in [5.74, 6) is -0.298. The lowest BCUT2D eigenvalue weighted by Gasteiger charge is -2.22. The number of nitrogens with zero attached hydrogens (tertiary/aromatic N) is 2. The second-order valence-corrected chi connectivity index (χ2v) is 6.02. The van der Waals surface area contributed by atoms with E-state index in [2.05, 4.69) is 15.5 Å². The molecular formula is C16H15FN4O2. The van der Waals surface area contributed by atoms with Crippen LogP contribution in [0.25, 0.3) is 0 Å². The Morgan fingerprint density at radius 3 is 2.61 bits per heavy atom. The molecular weight excluding hydrogens is 299 g/mol. The van der Waals surface area contributed by atoms with Gasteiger partial charge in [0.2, 0.25) is 5.91 Å². The summed E-state index contributed by atoms with van der Waals surface area (Å²) in [7, 11) is 0. The number of aromatic amines is 1. The molecule has 2 aliphatic rings. The van der Waals surface area contributed by atoms with Crippen molar-refractivity contribution in [1.82, 2.24) is 15.1 Å². The summed E-state index contributed by atoms with van der Waals surface area (Å²) in [5, 5.41) is 9.89. The van der Waals surface area contributed by atoms with Gasteiger partial charge in [0.05, 0.1) is 17.8 Å². The number of rotatable bonds is 2. The predicted molar refractivity (Wildman–Crippen MR) is 80.1 cm³/mol. The van der Waals surface area contributed by atoms with Crippen molar-refractivity contribution in [2.24, 2.45) is 0 Å². The standard InChI is InChI=1S/C16H15FN4O2/c1-9(22)21-8-12-13(16(21)6-7-16)19-20-14(12)18-15(23)10-2-4-11(17)5-3-10/h2-5H,6-8H2,1H3,(H2,18,19,20,23). The minimum absolute atomic E-state index is 0.0166. The number of carbonyl (C=O) groups excluding carboxylic acids is 2. The quantitative estimate of drug-likeness (QED) is 0.891. The van der Waals surface area contributed by atoms with Crippen LogP contribution in [0.2, 0.25) is 0 Å². The van der Waals surface area contributed by atoms with Crippen molar-refractivity contribution in [3.63, 3.8) is 0 Å². The largest absolute Gasteiger partial charge is 0.327 e. The number of hydrogen-bond acceptors (Lipinski definition) is 3. The summed E-state index contributed by atoms with van der Waals surface area (Å²) < 4.78 is 12.9. The zero-order chi connectivity index (χ0) is 16.2. The summed E-state index contributed by atoms with van der Waals surface area (Å²) in [5.41, 5.74) is 1.87. The maximum absolute atomic E-state index is 12.9. The van der Waals surface area contributed by atoms with Gasteiger partial charge >= 0.3 is 0 Å². The number of aromatic nitrogens is 2. The van der Waals surface area contributed by atoms with Crippen molar-refractivity contribution >= 4 is 17.6 Å². The number of halogens is 1. The van der Waals surface area contributed by atoms with Crippen molar-refractivity contribution in [3.05, 3.63) is 46.9 Å². The van der Waals surface area contributed by atoms with Crippen LogP contribution in [0.4, 0.5) is 10.2 Å². The van der Waals surface area contributed by atoms with Gasteiger partial charge in [0.15, 0.2) is 5.82 Å². The highest BCUT2D eigenvalue weighted by Gasteiger charge is 2.57. The molecule has 0 unspecified atom stereocenters. The van der Waals surface area contributed by atoms with Gasteiger partial charge in [0.25, 0.3) is 5.91 Å².